The Morgan fingerprint density at radius 1 is 0.852 bits per heavy atom. The number of aromatic carboxylic acids is 1. The molecule has 0 atom stereocenters. The molecule has 0 saturated heterocycles. The van der Waals surface area contributed by atoms with Crippen molar-refractivity contribution in [3.63, 3.8) is 0 Å². The van der Waals surface area contributed by atoms with Gasteiger partial charge in [0.25, 0.3) is 0 Å². The van der Waals surface area contributed by atoms with Crippen LogP contribution in [0.1, 0.15) is 15.9 Å². The minimum Gasteiger partial charge on any atom is -0.478 e. The molecule has 0 aliphatic heterocycles. The zero-order chi connectivity index (χ0) is 19.6. The van der Waals surface area contributed by atoms with E-state index in [0.29, 0.717) is 0 Å². The highest BCUT2D eigenvalue weighted by Gasteiger charge is 2.21. The van der Waals surface area contributed by atoms with Gasteiger partial charge in [-0.25, -0.2) is 13.2 Å². The van der Waals surface area contributed by atoms with Crippen LogP contribution in [0.25, 0.3) is 11.1 Å². The van der Waals surface area contributed by atoms with Crippen LogP contribution in [-0.2, 0) is 15.6 Å². The average molecular weight is 421 g/mol. The number of hydrogen-bond acceptors (Lipinski definition) is 3. The van der Waals surface area contributed by atoms with Crippen LogP contribution in [0.3, 0.4) is 0 Å². The Balaban J connectivity index is 2.07. The molecule has 4 nitrogen and oxygen atoms in total. The van der Waals surface area contributed by atoms with Crippen molar-refractivity contribution < 1.29 is 18.3 Å². The molecule has 3 aromatic carbocycles. The summed E-state index contributed by atoms with van der Waals surface area (Å²) < 4.78 is 25.6. The Labute approximate surface area is 166 Å². The molecule has 0 bridgehead atoms. The van der Waals surface area contributed by atoms with Crippen LogP contribution in [-0.4, -0.2) is 19.5 Å². The van der Waals surface area contributed by atoms with Crippen molar-refractivity contribution in [1.82, 2.24) is 0 Å². The summed E-state index contributed by atoms with van der Waals surface area (Å²) in [4.78, 5) is 11.5. The van der Waals surface area contributed by atoms with Crippen molar-refractivity contribution in [2.75, 3.05) is 0 Å². The molecule has 0 fully saturated rings. The fourth-order valence-electron chi connectivity index (χ4n) is 2.73. The number of halogens is 2. The third-order valence-electron chi connectivity index (χ3n) is 3.98. The van der Waals surface area contributed by atoms with Gasteiger partial charge in [-0.1, -0.05) is 59.6 Å². The van der Waals surface area contributed by atoms with Gasteiger partial charge < -0.3 is 5.11 Å². The zero-order valence-electron chi connectivity index (χ0n) is 13.9. The minimum absolute atomic E-state index is 0.0542. The monoisotopic (exact) mass is 420 g/mol. The van der Waals surface area contributed by atoms with Gasteiger partial charge in [-0.2, -0.15) is 0 Å². The Morgan fingerprint density at radius 2 is 1.48 bits per heavy atom. The van der Waals surface area contributed by atoms with E-state index in [2.05, 4.69) is 0 Å². The molecule has 0 aromatic heterocycles. The summed E-state index contributed by atoms with van der Waals surface area (Å²) in [6, 6.07) is 18.0. The van der Waals surface area contributed by atoms with Crippen LogP contribution < -0.4 is 0 Å². The van der Waals surface area contributed by atoms with Gasteiger partial charge in [-0.3, -0.25) is 0 Å². The zero-order valence-corrected chi connectivity index (χ0v) is 16.2. The van der Waals surface area contributed by atoms with Crippen molar-refractivity contribution in [3.05, 3.63) is 87.9 Å². The molecule has 0 radical (unpaired) electrons. The van der Waals surface area contributed by atoms with E-state index >= 15 is 0 Å². The summed E-state index contributed by atoms with van der Waals surface area (Å²) in [5, 5.41) is 9.83. The van der Waals surface area contributed by atoms with Crippen molar-refractivity contribution >= 4 is 39.0 Å². The summed E-state index contributed by atoms with van der Waals surface area (Å²) in [6.45, 7) is 0. The Kier molecular flexibility index (Phi) is 5.56. The van der Waals surface area contributed by atoms with Gasteiger partial charge in [0, 0.05) is 10.0 Å². The molecular formula is C20H14Cl2O4S. The van der Waals surface area contributed by atoms with Gasteiger partial charge in [0.05, 0.1) is 16.2 Å². The molecular weight excluding hydrogens is 407 g/mol. The van der Waals surface area contributed by atoms with Gasteiger partial charge in [-0.05, 0) is 47.0 Å². The molecule has 138 valence electrons. The third-order valence-corrected chi connectivity index (χ3v) is 6.06. The Hall–Kier alpha value is -2.34. The van der Waals surface area contributed by atoms with Gasteiger partial charge in [-0.15, -0.1) is 0 Å². The highest BCUT2D eigenvalue weighted by molar-refractivity contribution is 7.90. The minimum atomic E-state index is -3.85. The van der Waals surface area contributed by atoms with E-state index in [-0.39, 0.29) is 26.1 Å². The molecule has 3 rings (SSSR count). The predicted molar refractivity (Wildman–Crippen MR) is 106 cm³/mol. The molecule has 0 saturated carbocycles. The van der Waals surface area contributed by atoms with E-state index in [4.69, 9.17) is 23.2 Å². The second kappa shape index (κ2) is 7.72. The number of carboxylic acid groups (broad SMARTS) is 1. The van der Waals surface area contributed by atoms with Crippen molar-refractivity contribution in [3.8, 4) is 11.1 Å². The maximum atomic E-state index is 12.8. The van der Waals surface area contributed by atoms with Crippen LogP contribution in [0.15, 0.2) is 71.6 Å². The number of hydrogen-bond donors (Lipinski definition) is 1. The highest BCUT2D eigenvalue weighted by Crippen LogP contribution is 2.28. The molecule has 0 unspecified atom stereocenters. The molecule has 0 aliphatic carbocycles. The molecule has 27 heavy (non-hydrogen) atoms. The lowest BCUT2D eigenvalue weighted by Crippen LogP contribution is -2.10. The first-order valence-electron chi connectivity index (χ1n) is 7.87. The Morgan fingerprint density at radius 3 is 2.07 bits per heavy atom. The van der Waals surface area contributed by atoms with Crippen LogP contribution in [0, 0.1) is 0 Å². The van der Waals surface area contributed by atoms with Crippen LogP contribution >= 0.6 is 23.2 Å². The first-order valence-corrected chi connectivity index (χ1v) is 10.3. The van der Waals surface area contributed by atoms with Gasteiger partial charge in [0.1, 0.15) is 0 Å². The maximum absolute atomic E-state index is 12.8. The topological polar surface area (TPSA) is 71.4 Å². The van der Waals surface area contributed by atoms with Crippen molar-refractivity contribution in [1.29, 1.82) is 0 Å². The van der Waals surface area contributed by atoms with Crippen molar-refractivity contribution in [2.45, 2.75) is 10.6 Å². The van der Waals surface area contributed by atoms with Gasteiger partial charge in [0.15, 0.2) is 9.84 Å². The van der Waals surface area contributed by atoms with Crippen LogP contribution in [0.2, 0.25) is 10.0 Å². The quantitative estimate of drug-likeness (QED) is 0.604. The van der Waals surface area contributed by atoms with Crippen LogP contribution in [0.5, 0.6) is 0 Å². The molecule has 0 amide bonds. The number of carboxylic acids is 1. The summed E-state index contributed by atoms with van der Waals surface area (Å²) >= 11 is 11.8. The second-order valence-corrected chi connectivity index (χ2v) is 8.77. The predicted octanol–water partition coefficient (Wildman–Crippen LogP) is 5.33. The molecule has 1 N–H and O–H groups in total. The van der Waals surface area contributed by atoms with Crippen molar-refractivity contribution in [2.24, 2.45) is 0 Å². The smallest absolute Gasteiger partial charge is 0.335 e. The lowest BCUT2D eigenvalue weighted by atomic mass is 10.00. The first-order chi connectivity index (χ1) is 12.8. The lowest BCUT2D eigenvalue weighted by Gasteiger charge is -2.11. The normalized spacial score (nSPS) is 11.3. The summed E-state index contributed by atoms with van der Waals surface area (Å²) in [5.41, 5.74) is 1.72. The van der Waals surface area contributed by atoms with E-state index in [1.807, 2.05) is 30.3 Å². The maximum Gasteiger partial charge on any atom is 0.335 e. The molecule has 0 aliphatic rings. The molecule has 3 aromatic rings. The highest BCUT2D eigenvalue weighted by atomic mass is 35.5. The van der Waals surface area contributed by atoms with E-state index in [9.17, 15) is 18.3 Å². The summed E-state index contributed by atoms with van der Waals surface area (Å²) in [6.07, 6.45) is 0. The van der Waals surface area contributed by atoms with E-state index < -0.39 is 21.6 Å². The molecule has 0 heterocycles. The van der Waals surface area contributed by atoms with E-state index in [1.165, 1.54) is 24.3 Å². The fraction of sp³-hybridized carbons (Fsp3) is 0.0500. The first kappa shape index (κ1) is 19.4. The number of sulfone groups is 1. The Bertz CT molecular complexity index is 1090. The standard InChI is InChI=1S/C20H14Cl2O4S/c21-16-9-17(22)11-18(10-16)27(25,26)12-15-8-14(6-7-19(15)20(23)24)13-4-2-1-3-5-13/h1-11H,12H2,(H,23,24). The fourth-order valence-corrected chi connectivity index (χ4v) is 4.81. The third kappa shape index (κ3) is 4.50. The number of benzene rings is 3. The summed E-state index contributed by atoms with van der Waals surface area (Å²) in [7, 11) is -3.85. The van der Waals surface area contributed by atoms with Crippen LogP contribution in [0.4, 0.5) is 0 Å². The number of carbonyl (C=O) groups is 1. The average Bonchev–Trinajstić information content (AvgIpc) is 2.61. The number of rotatable bonds is 5. The van der Waals surface area contributed by atoms with Gasteiger partial charge >= 0.3 is 5.97 Å². The molecule has 0 spiro atoms. The summed E-state index contributed by atoms with van der Waals surface area (Å²) in [5.74, 6) is -1.67. The molecule has 7 heteroatoms. The largest absolute Gasteiger partial charge is 0.478 e. The van der Waals surface area contributed by atoms with E-state index in [0.717, 1.165) is 11.1 Å². The lowest BCUT2D eigenvalue weighted by molar-refractivity contribution is 0.0696. The van der Waals surface area contributed by atoms with Gasteiger partial charge in [0.2, 0.25) is 0 Å². The van der Waals surface area contributed by atoms with E-state index in [1.54, 1.807) is 12.1 Å². The SMILES string of the molecule is O=C(O)c1ccc(-c2ccccc2)cc1CS(=O)(=O)c1cc(Cl)cc(Cl)c1. The second-order valence-electron chi connectivity index (χ2n) is 5.91.